The molecule has 2 aromatic rings. The summed E-state index contributed by atoms with van der Waals surface area (Å²) in [5.41, 5.74) is 0. The third-order valence-electron chi connectivity index (χ3n) is 4.57. The topological polar surface area (TPSA) is 83.1 Å². The molecule has 0 unspecified atom stereocenters. The van der Waals surface area contributed by atoms with Crippen LogP contribution >= 0.6 is 23.1 Å². The summed E-state index contributed by atoms with van der Waals surface area (Å²) in [4.78, 5) is 15.6. The van der Waals surface area contributed by atoms with Crippen molar-refractivity contribution >= 4 is 45.9 Å². The van der Waals surface area contributed by atoms with E-state index in [2.05, 4.69) is 15.1 Å². The summed E-state index contributed by atoms with van der Waals surface area (Å²) >= 11 is 2.61. The molecule has 6 nitrogen and oxygen atoms in total. The van der Waals surface area contributed by atoms with E-state index < -0.39 is 5.92 Å². The molecule has 1 N–H and O–H groups in total. The third-order valence-corrected chi connectivity index (χ3v) is 6.70. The Morgan fingerprint density at radius 3 is 2.85 bits per heavy atom. The number of aryl methyl sites for hydroxylation is 1. The van der Waals surface area contributed by atoms with Crippen LogP contribution < -0.4 is 4.90 Å². The number of hydrogen-bond acceptors (Lipinski definition) is 8. The number of rotatable bonds is 4. The largest absolute Gasteiger partial charge is 0.441 e. The van der Waals surface area contributed by atoms with E-state index in [9.17, 15) is 4.79 Å². The van der Waals surface area contributed by atoms with Gasteiger partial charge in [0.15, 0.2) is 11.7 Å². The van der Waals surface area contributed by atoms with Gasteiger partial charge in [-0.15, -0.1) is 21.5 Å². The molecule has 8 heteroatoms. The Labute approximate surface area is 160 Å². The molecule has 4 heterocycles. The second-order valence-corrected chi connectivity index (χ2v) is 8.56. The number of aromatic nitrogens is 2. The van der Waals surface area contributed by atoms with Gasteiger partial charge in [-0.05, 0) is 37.8 Å². The summed E-state index contributed by atoms with van der Waals surface area (Å²) in [6.07, 6.45) is 6.18. The maximum Gasteiger partial charge on any atom is 0.196 e. The summed E-state index contributed by atoms with van der Waals surface area (Å²) in [5, 5.41) is 18.2. The molecule has 2 saturated heterocycles. The molecule has 0 saturated carbocycles. The van der Waals surface area contributed by atoms with E-state index in [0.29, 0.717) is 20.7 Å². The lowest BCUT2D eigenvalue weighted by molar-refractivity contribution is -0.114. The minimum atomic E-state index is -0.611. The van der Waals surface area contributed by atoms with Gasteiger partial charge < -0.3 is 9.32 Å². The molecule has 2 aliphatic heterocycles. The predicted octanol–water partition coefficient (Wildman–Crippen LogP) is 4.10. The van der Waals surface area contributed by atoms with Gasteiger partial charge in [0.2, 0.25) is 0 Å². The highest BCUT2D eigenvalue weighted by atomic mass is 32.2. The van der Waals surface area contributed by atoms with Crippen molar-refractivity contribution in [2.24, 2.45) is 0 Å². The maximum absolute atomic E-state index is 12.8. The lowest BCUT2D eigenvalue weighted by Crippen LogP contribution is -2.28. The van der Waals surface area contributed by atoms with Crippen LogP contribution in [0.25, 0.3) is 6.08 Å². The number of hydrogen-bond donors (Lipinski definition) is 1. The van der Waals surface area contributed by atoms with Crippen LogP contribution in [0.5, 0.6) is 0 Å². The summed E-state index contributed by atoms with van der Waals surface area (Å²) in [6, 6.07) is 3.85. The Kier molecular flexibility index (Phi) is 4.95. The van der Waals surface area contributed by atoms with Crippen LogP contribution in [-0.4, -0.2) is 34.1 Å². The molecular weight excluding hydrogens is 368 g/mol. The summed E-state index contributed by atoms with van der Waals surface area (Å²) in [6.45, 7) is 4.03. The van der Waals surface area contributed by atoms with Gasteiger partial charge in [-0.1, -0.05) is 18.7 Å². The highest BCUT2D eigenvalue weighted by molar-refractivity contribution is 8.19. The van der Waals surface area contributed by atoms with Gasteiger partial charge >= 0.3 is 0 Å². The van der Waals surface area contributed by atoms with E-state index in [1.54, 1.807) is 6.08 Å². The number of carbonyl (C=O) groups excluding carboxylic acids is 1. The van der Waals surface area contributed by atoms with Gasteiger partial charge in [0, 0.05) is 19.2 Å². The van der Waals surface area contributed by atoms with E-state index >= 15 is 0 Å². The lowest BCUT2D eigenvalue weighted by atomic mass is 10.1. The van der Waals surface area contributed by atoms with Gasteiger partial charge in [-0.25, -0.2) is 0 Å². The zero-order valence-corrected chi connectivity index (χ0v) is 16.2. The second kappa shape index (κ2) is 7.36. The van der Waals surface area contributed by atoms with Crippen molar-refractivity contribution in [2.45, 2.75) is 38.5 Å². The number of piperidine rings is 1. The zero-order valence-electron chi connectivity index (χ0n) is 14.5. The van der Waals surface area contributed by atoms with Crippen LogP contribution in [0, 0.1) is 5.41 Å². The Bertz CT molecular complexity index is 864. The molecular formula is C18H20N4O2S2. The highest BCUT2D eigenvalue weighted by Gasteiger charge is 2.39. The minimum absolute atomic E-state index is 0.0882. The van der Waals surface area contributed by atoms with Gasteiger partial charge in [0.25, 0.3) is 0 Å². The standard InChI is InChI=1S/C18H20N4O2S2/c1-2-13-20-21-18(26-13)15-16(23)12(25-17(15)19)10-11-6-7-14(24-11)22-8-4-3-5-9-22/h6-7,10,15,19H,2-5,8-9H2,1H3/b12-10-,19-17?/t15-/m1/s1. The molecule has 0 aromatic carbocycles. The van der Waals surface area contributed by atoms with Crippen molar-refractivity contribution < 1.29 is 9.21 Å². The molecule has 0 bridgehead atoms. The highest BCUT2D eigenvalue weighted by Crippen LogP contribution is 2.41. The molecule has 26 heavy (non-hydrogen) atoms. The molecule has 2 fully saturated rings. The minimum Gasteiger partial charge on any atom is -0.441 e. The quantitative estimate of drug-likeness (QED) is 0.794. The average Bonchev–Trinajstić information content (AvgIpc) is 3.36. The summed E-state index contributed by atoms with van der Waals surface area (Å²) < 4.78 is 5.92. The predicted molar refractivity (Wildman–Crippen MR) is 105 cm³/mol. The van der Waals surface area contributed by atoms with Crippen LogP contribution in [0.2, 0.25) is 0 Å². The first-order chi connectivity index (χ1) is 12.7. The Balaban J connectivity index is 1.53. The maximum atomic E-state index is 12.8. The first-order valence-electron chi connectivity index (χ1n) is 8.85. The first-order valence-corrected chi connectivity index (χ1v) is 10.5. The number of allylic oxidation sites excluding steroid dienone is 1. The van der Waals surface area contributed by atoms with Crippen LogP contribution in [0.15, 0.2) is 21.5 Å². The zero-order chi connectivity index (χ0) is 18.1. The van der Waals surface area contributed by atoms with Crippen molar-refractivity contribution in [2.75, 3.05) is 18.0 Å². The Hall–Kier alpha value is -1.93. The number of nitrogens with zero attached hydrogens (tertiary/aromatic N) is 3. The number of anilines is 1. The van der Waals surface area contributed by atoms with Gasteiger partial charge in [-0.3, -0.25) is 10.2 Å². The fourth-order valence-corrected chi connectivity index (χ4v) is 5.11. The SMILES string of the molecule is CCc1nnc([C@H]2C(=N)S/C(=C\c3ccc(N4CCCCC4)o3)C2=O)s1. The number of nitrogens with one attached hydrogen (secondary N) is 1. The molecule has 136 valence electrons. The molecule has 2 aromatic heterocycles. The summed E-state index contributed by atoms with van der Waals surface area (Å²) in [7, 11) is 0. The molecule has 0 radical (unpaired) electrons. The molecule has 4 rings (SSSR count). The van der Waals surface area contributed by atoms with Crippen molar-refractivity contribution in [1.29, 1.82) is 5.41 Å². The van der Waals surface area contributed by atoms with E-state index in [-0.39, 0.29) is 5.78 Å². The Morgan fingerprint density at radius 1 is 1.31 bits per heavy atom. The smallest absolute Gasteiger partial charge is 0.196 e. The van der Waals surface area contributed by atoms with Gasteiger partial charge in [0.1, 0.15) is 21.7 Å². The average molecular weight is 389 g/mol. The van der Waals surface area contributed by atoms with Crippen molar-refractivity contribution in [1.82, 2.24) is 10.2 Å². The van der Waals surface area contributed by atoms with Crippen molar-refractivity contribution in [3.8, 4) is 0 Å². The van der Waals surface area contributed by atoms with Crippen molar-refractivity contribution in [3.63, 3.8) is 0 Å². The van der Waals surface area contributed by atoms with Crippen LogP contribution in [0.1, 0.15) is 47.9 Å². The number of Topliss-reactive ketones (excluding diaryl/α,β-unsaturated/α-hetero) is 1. The molecule has 0 amide bonds. The number of thioether (sulfide) groups is 1. The van der Waals surface area contributed by atoms with Crippen molar-refractivity contribution in [3.05, 3.63) is 32.8 Å². The number of ketones is 1. The number of furan rings is 1. The fourth-order valence-electron chi connectivity index (χ4n) is 3.17. The lowest BCUT2D eigenvalue weighted by Gasteiger charge is -2.25. The fraction of sp³-hybridized carbons (Fsp3) is 0.444. The van der Waals surface area contributed by atoms with E-state index in [1.165, 1.54) is 42.4 Å². The van der Waals surface area contributed by atoms with E-state index in [0.717, 1.165) is 30.4 Å². The van der Waals surface area contributed by atoms with Gasteiger partial charge in [-0.2, -0.15) is 0 Å². The van der Waals surface area contributed by atoms with Crippen LogP contribution in [-0.2, 0) is 11.2 Å². The molecule has 0 spiro atoms. The molecule has 1 atom stereocenters. The monoisotopic (exact) mass is 388 g/mol. The Morgan fingerprint density at radius 2 is 2.12 bits per heavy atom. The van der Waals surface area contributed by atoms with Gasteiger partial charge in [0.05, 0.1) is 9.95 Å². The van der Waals surface area contributed by atoms with E-state index in [1.807, 2.05) is 19.1 Å². The third kappa shape index (κ3) is 3.35. The van der Waals surface area contributed by atoms with Crippen LogP contribution in [0.3, 0.4) is 0 Å². The van der Waals surface area contributed by atoms with Crippen LogP contribution in [0.4, 0.5) is 5.88 Å². The second-order valence-electron chi connectivity index (χ2n) is 6.38. The first kappa shape index (κ1) is 17.5. The normalized spacial score (nSPS) is 22.6. The summed E-state index contributed by atoms with van der Waals surface area (Å²) in [5.74, 6) is 0.812. The van der Waals surface area contributed by atoms with E-state index in [4.69, 9.17) is 9.83 Å². The molecule has 2 aliphatic rings. The molecule has 0 aliphatic carbocycles. The number of carbonyl (C=O) groups is 1.